The first-order valence-corrected chi connectivity index (χ1v) is 10.0. The van der Waals surface area contributed by atoms with Crippen molar-refractivity contribution in [3.63, 3.8) is 0 Å². The number of hydrogen-bond donors (Lipinski definition) is 1. The van der Waals surface area contributed by atoms with Crippen molar-refractivity contribution in [3.05, 3.63) is 64.1 Å². The molecule has 0 fully saturated rings. The summed E-state index contributed by atoms with van der Waals surface area (Å²) in [6, 6.07) is 15.7. The zero-order valence-electron chi connectivity index (χ0n) is 12.4. The van der Waals surface area contributed by atoms with Gasteiger partial charge in [0.2, 0.25) is 5.91 Å². The van der Waals surface area contributed by atoms with Gasteiger partial charge in [-0.3, -0.25) is 4.79 Å². The van der Waals surface area contributed by atoms with Gasteiger partial charge in [-0.2, -0.15) is 0 Å². The summed E-state index contributed by atoms with van der Waals surface area (Å²) in [6.07, 6.45) is 0. The lowest BCUT2D eigenvalue weighted by Crippen LogP contribution is -2.27. The Morgan fingerprint density at radius 3 is 2.57 bits per heavy atom. The van der Waals surface area contributed by atoms with E-state index in [9.17, 15) is 4.79 Å². The smallest absolute Gasteiger partial charge is 0.230 e. The third-order valence-corrected chi connectivity index (χ3v) is 5.68. The van der Waals surface area contributed by atoms with Crippen molar-refractivity contribution in [2.75, 3.05) is 18.1 Å². The lowest BCUT2D eigenvalue weighted by molar-refractivity contribution is -0.118. The molecule has 0 unspecified atom stereocenters. The van der Waals surface area contributed by atoms with Gasteiger partial charge in [0.15, 0.2) is 0 Å². The van der Waals surface area contributed by atoms with Gasteiger partial charge < -0.3 is 5.32 Å². The minimum absolute atomic E-state index is 0.0590. The number of carbonyl (C=O) groups is 1. The number of halogens is 2. The van der Waals surface area contributed by atoms with Crippen molar-refractivity contribution in [1.82, 2.24) is 5.32 Å². The average molecular weight is 386 g/mol. The van der Waals surface area contributed by atoms with E-state index >= 15 is 0 Å². The molecule has 122 valence electrons. The molecular formula is C17H17Cl2NOS2. The van der Waals surface area contributed by atoms with Crippen molar-refractivity contribution in [2.24, 2.45) is 0 Å². The molecule has 0 saturated carbocycles. The highest BCUT2D eigenvalue weighted by Crippen LogP contribution is 2.24. The molecule has 0 aromatic heterocycles. The third-order valence-electron chi connectivity index (χ3n) is 2.92. The maximum atomic E-state index is 11.8. The lowest BCUT2D eigenvalue weighted by atomic mass is 10.2. The van der Waals surface area contributed by atoms with Crippen LogP contribution in [0.5, 0.6) is 0 Å². The normalized spacial score (nSPS) is 10.5. The first-order valence-electron chi connectivity index (χ1n) is 7.11. The van der Waals surface area contributed by atoms with Gasteiger partial charge in [0, 0.05) is 22.9 Å². The SMILES string of the molecule is O=C(CSCc1ccc(Cl)c(Cl)c1)NCCSc1ccccc1. The molecule has 0 aliphatic rings. The second-order valence-electron chi connectivity index (χ2n) is 4.75. The Kier molecular flexibility index (Phi) is 8.17. The van der Waals surface area contributed by atoms with E-state index in [-0.39, 0.29) is 5.91 Å². The Bertz CT molecular complexity index is 638. The van der Waals surface area contributed by atoms with E-state index in [1.807, 2.05) is 30.3 Å². The zero-order valence-corrected chi connectivity index (χ0v) is 15.6. The predicted octanol–water partition coefficient (Wildman–Crippen LogP) is 5.14. The molecule has 0 radical (unpaired) electrons. The van der Waals surface area contributed by atoms with Gasteiger partial charge in [-0.1, -0.05) is 47.5 Å². The monoisotopic (exact) mass is 385 g/mol. The standard InChI is InChI=1S/C17H17Cl2NOS2/c18-15-7-6-13(10-16(15)19)11-22-12-17(21)20-8-9-23-14-4-2-1-3-5-14/h1-7,10H,8-9,11-12H2,(H,20,21). The number of amides is 1. The molecular weight excluding hydrogens is 369 g/mol. The van der Waals surface area contributed by atoms with Crippen LogP contribution >= 0.6 is 46.7 Å². The van der Waals surface area contributed by atoms with Crippen LogP contribution in [0, 0.1) is 0 Å². The topological polar surface area (TPSA) is 29.1 Å². The highest BCUT2D eigenvalue weighted by atomic mass is 35.5. The van der Waals surface area contributed by atoms with E-state index < -0.39 is 0 Å². The van der Waals surface area contributed by atoms with Crippen LogP contribution in [0.2, 0.25) is 10.0 Å². The largest absolute Gasteiger partial charge is 0.355 e. The lowest BCUT2D eigenvalue weighted by Gasteiger charge is -2.06. The summed E-state index contributed by atoms with van der Waals surface area (Å²) in [5.41, 5.74) is 1.07. The first-order chi connectivity index (χ1) is 11.1. The van der Waals surface area contributed by atoms with Crippen LogP contribution in [0.15, 0.2) is 53.4 Å². The summed E-state index contributed by atoms with van der Waals surface area (Å²) in [4.78, 5) is 13.0. The van der Waals surface area contributed by atoms with Crippen LogP contribution < -0.4 is 5.32 Å². The van der Waals surface area contributed by atoms with Gasteiger partial charge in [-0.15, -0.1) is 23.5 Å². The molecule has 0 spiro atoms. The van der Waals surface area contributed by atoms with Crippen LogP contribution in [0.1, 0.15) is 5.56 Å². The second-order valence-corrected chi connectivity index (χ2v) is 7.72. The molecule has 0 bridgehead atoms. The van der Waals surface area contributed by atoms with Crippen LogP contribution in [-0.4, -0.2) is 24.0 Å². The Labute approximate surface area is 155 Å². The van der Waals surface area contributed by atoms with Crippen molar-refractivity contribution in [2.45, 2.75) is 10.6 Å². The predicted molar refractivity (Wildman–Crippen MR) is 103 cm³/mol. The number of carbonyl (C=O) groups excluding carboxylic acids is 1. The average Bonchev–Trinajstić information content (AvgIpc) is 2.56. The summed E-state index contributed by atoms with van der Waals surface area (Å²) >= 11 is 15.1. The molecule has 0 heterocycles. The molecule has 2 rings (SSSR count). The number of hydrogen-bond acceptors (Lipinski definition) is 3. The van der Waals surface area contributed by atoms with E-state index in [1.165, 1.54) is 4.90 Å². The number of benzene rings is 2. The summed E-state index contributed by atoms with van der Waals surface area (Å²) in [5.74, 6) is 2.11. The van der Waals surface area contributed by atoms with Gasteiger partial charge in [-0.05, 0) is 29.8 Å². The zero-order chi connectivity index (χ0) is 16.5. The number of thioether (sulfide) groups is 2. The number of nitrogens with one attached hydrogen (secondary N) is 1. The molecule has 2 aromatic carbocycles. The molecule has 0 aliphatic carbocycles. The highest BCUT2D eigenvalue weighted by molar-refractivity contribution is 7.99. The van der Waals surface area contributed by atoms with Gasteiger partial charge in [-0.25, -0.2) is 0 Å². The fraction of sp³-hybridized carbons (Fsp3) is 0.235. The maximum absolute atomic E-state index is 11.8. The van der Waals surface area contributed by atoms with E-state index in [4.69, 9.17) is 23.2 Å². The Hall–Kier alpha value is -0.810. The third kappa shape index (κ3) is 7.08. The highest BCUT2D eigenvalue weighted by Gasteiger charge is 2.03. The molecule has 2 nitrogen and oxygen atoms in total. The van der Waals surface area contributed by atoms with E-state index in [0.717, 1.165) is 17.1 Å². The summed E-state index contributed by atoms with van der Waals surface area (Å²) in [7, 11) is 0. The molecule has 1 N–H and O–H groups in total. The van der Waals surface area contributed by atoms with Gasteiger partial charge in [0.1, 0.15) is 0 Å². The molecule has 1 amide bonds. The van der Waals surface area contributed by atoms with Crippen molar-refractivity contribution >= 4 is 52.6 Å². The van der Waals surface area contributed by atoms with Crippen LogP contribution in [0.4, 0.5) is 0 Å². The first kappa shape index (κ1) is 18.5. The summed E-state index contributed by atoms with van der Waals surface area (Å²) in [5, 5.41) is 4.03. The minimum atomic E-state index is 0.0590. The maximum Gasteiger partial charge on any atom is 0.230 e. The fourth-order valence-electron chi connectivity index (χ4n) is 1.82. The Morgan fingerprint density at radius 1 is 1.04 bits per heavy atom. The Morgan fingerprint density at radius 2 is 1.83 bits per heavy atom. The fourth-order valence-corrected chi connectivity index (χ4v) is 3.73. The van der Waals surface area contributed by atoms with E-state index in [0.29, 0.717) is 22.3 Å². The molecule has 0 atom stereocenters. The minimum Gasteiger partial charge on any atom is -0.355 e. The molecule has 2 aromatic rings. The number of rotatable bonds is 8. The van der Waals surface area contributed by atoms with Crippen molar-refractivity contribution < 1.29 is 4.79 Å². The van der Waals surface area contributed by atoms with Gasteiger partial charge in [0.05, 0.1) is 15.8 Å². The molecule has 6 heteroatoms. The quantitative estimate of drug-likeness (QED) is 0.503. The van der Waals surface area contributed by atoms with Crippen LogP contribution in [0.25, 0.3) is 0 Å². The van der Waals surface area contributed by atoms with Gasteiger partial charge >= 0.3 is 0 Å². The molecule has 0 saturated heterocycles. The van der Waals surface area contributed by atoms with Crippen molar-refractivity contribution in [1.29, 1.82) is 0 Å². The molecule has 23 heavy (non-hydrogen) atoms. The van der Waals surface area contributed by atoms with Crippen LogP contribution in [0.3, 0.4) is 0 Å². The van der Waals surface area contributed by atoms with E-state index in [2.05, 4.69) is 17.4 Å². The van der Waals surface area contributed by atoms with Gasteiger partial charge in [0.25, 0.3) is 0 Å². The summed E-state index contributed by atoms with van der Waals surface area (Å²) in [6.45, 7) is 0.672. The Balaban J connectivity index is 1.59. The van der Waals surface area contributed by atoms with Crippen molar-refractivity contribution in [3.8, 4) is 0 Å². The second kappa shape index (κ2) is 10.1. The molecule has 0 aliphatic heterocycles. The van der Waals surface area contributed by atoms with Crippen LogP contribution in [-0.2, 0) is 10.5 Å². The summed E-state index contributed by atoms with van der Waals surface area (Å²) < 4.78 is 0. The van der Waals surface area contributed by atoms with E-state index in [1.54, 1.807) is 29.6 Å².